The summed E-state index contributed by atoms with van der Waals surface area (Å²) in [5.41, 5.74) is 0. The Morgan fingerprint density at radius 1 is 0.667 bits per heavy atom. The minimum atomic E-state index is -3.17. The van der Waals surface area contributed by atoms with Gasteiger partial charge in [0.25, 0.3) is 0 Å². The number of hydrogen-bond donors (Lipinski definition) is 0. The zero-order chi connectivity index (χ0) is 13.8. The first-order chi connectivity index (χ1) is 8.52. The predicted molar refractivity (Wildman–Crippen MR) is 53.1 cm³/mol. The number of pyridine rings is 2. The second-order valence-corrected chi connectivity index (χ2v) is 2.71. The number of rotatable bonds is 0. The van der Waals surface area contributed by atoms with Crippen LogP contribution in [0.15, 0.2) is 61.2 Å². The fourth-order valence-electron chi connectivity index (χ4n) is 0.755. The van der Waals surface area contributed by atoms with Crippen LogP contribution in [0.5, 0.6) is 0 Å². The summed E-state index contributed by atoms with van der Waals surface area (Å²) in [6.07, 6.45) is 5.33. The molecule has 0 saturated carbocycles. The summed E-state index contributed by atoms with van der Waals surface area (Å²) in [6, 6.07) is 10.0. The van der Waals surface area contributed by atoms with Crippen LogP contribution in [-0.4, -0.2) is 7.40 Å². The molecule has 96 valence electrons. The van der Waals surface area contributed by atoms with E-state index in [-0.39, 0.29) is 0 Å². The Morgan fingerprint density at radius 2 is 0.889 bits per heavy atom. The SMILES string of the molecule is F[n+]1ccccc1.F[n+]1ccccc1.[O-]B([O-])F. The van der Waals surface area contributed by atoms with Gasteiger partial charge in [-0.1, -0.05) is 12.1 Å². The van der Waals surface area contributed by atoms with Crippen molar-refractivity contribution in [2.75, 3.05) is 0 Å². The molecule has 0 aliphatic heterocycles. The van der Waals surface area contributed by atoms with Gasteiger partial charge in [0.2, 0.25) is 24.8 Å². The average Bonchev–Trinajstić information content (AvgIpc) is 2.31. The Morgan fingerprint density at radius 3 is 1.00 bits per heavy atom. The summed E-state index contributed by atoms with van der Waals surface area (Å²) in [5.74, 6) is 0. The normalized spacial score (nSPS) is 8.28. The van der Waals surface area contributed by atoms with Crippen LogP contribution in [-0.2, 0) is 0 Å². The van der Waals surface area contributed by atoms with Crippen LogP contribution in [0.25, 0.3) is 0 Å². The molecule has 0 unspecified atom stereocenters. The molecule has 2 aromatic rings. The van der Waals surface area contributed by atoms with Crippen molar-refractivity contribution in [1.82, 2.24) is 0 Å². The molecule has 0 bridgehead atoms. The van der Waals surface area contributed by atoms with E-state index in [1.165, 1.54) is 24.8 Å². The highest BCUT2D eigenvalue weighted by atomic mass is 19.2. The second kappa shape index (κ2) is 10.2. The molecule has 0 aliphatic rings. The highest BCUT2D eigenvalue weighted by Crippen LogP contribution is 1.74. The van der Waals surface area contributed by atoms with Crippen molar-refractivity contribution < 1.29 is 32.9 Å². The number of nitrogens with zero attached hydrogens (tertiary/aromatic N) is 2. The van der Waals surface area contributed by atoms with Gasteiger partial charge < -0.3 is 14.4 Å². The zero-order valence-corrected chi connectivity index (χ0v) is 9.20. The molecule has 0 aromatic carbocycles. The van der Waals surface area contributed by atoms with Crippen molar-refractivity contribution in [2.45, 2.75) is 0 Å². The van der Waals surface area contributed by atoms with Gasteiger partial charge in [-0.2, -0.15) is 0 Å². The minimum Gasteiger partial charge on any atom is -0.867 e. The van der Waals surface area contributed by atoms with E-state index < -0.39 is 7.40 Å². The van der Waals surface area contributed by atoms with E-state index in [9.17, 15) is 13.3 Å². The van der Waals surface area contributed by atoms with E-state index in [1.54, 1.807) is 36.4 Å². The van der Waals surface area contributed by atoms with Crippen molar-refractivity contribution in [3.05, 3.63) is 61.2 Å². The molecule has 18 heavy (non-hydrogen) atoms. The van der Waals surface area contributed by atoms with Crippen LogP contribution in [0, 0.1) is 0 Å². The van der Waals surface area contributed by atoms with Crippen molar-refractivity contribution in [3.63, 3.8) is 0 Å². The third-order valence-electron chi connectivity index (χ3n) is 1.36. The molecule has 2 aromatic heterocycles. The lowest BCUT2D eigenvalue weighted by atomic mass is 10.3. The molecular formula is C10H10BF3N2O2. The van der Waals surface area contributed by atoms with Gasteiger partial charge in [0, 0.05) is 33.8 Å². The Labute approximate surface area is 102 Å². The first-order valence-corrected chi connectivity index (χ1v) is 4.73. The molecule has 0 radical (unpaired) electrons. The molecule has 0 N–H and O–H groups in total. The second-order valence-electron chi connectivity index (χ2n) is 2.71. The maximum atomic E-state index is 11.8. The highest BCUT2D eigenvalue weighted by Gasteiger charge is 1.86. The summed E-state index contributed by atoms with van der Waals surface area (Å²) >= 11 is 0. The van der Waals surface area contributed by atoms with Crippen LogP contribution >= 0.6 is 0 Å². The summed E-state index contributed by atoms with van der Waals surface area (Å²) < 4.78 is 33.5. The summed E-state index contributed by atoms with van der Waals surface area (Å²) in [6.45, 7) is 0. The molecule has 2 rings (SSSR count). The van der Waals surface area contributed by atoms with Crippen LogP contribution in [0.4, 0.5) is 13.3 Å². The molecule has 0 fully saturated rings. The van der Waals surface area contributed by atoms with Gasteiger partial charge in [0.15, 0.2) is 0 Å². The average molecular weight is 258 g/mol. The Balaban J connectivity index is 0.000000253. The van der Waals surface area contributed by atoms with Crippen LogP contribution in [0.1, 0.15) is 0 Å². The van der Waals surface area contributed by atoms with Gasteiger partial charge in [-0.05, 0) is 0 Å². The molecule has 0 spiro atoms. The minimum absolute atomic E-state index is 0.500. The van der Waals surface area contributed by atoms with Crippen LogP contribution in [0.2, 0.25) is 0 Å². The monoisotopic (exact) mass is 258 g/mol. The number of aromatic nitrogens is 2. The fraction of sp³-hybridized carbons (Fsp3) is 0. The molecule has 0 amide bonds. The van der Waals surface area contributed by atoms with E-state index in [0.717, 1.165) is 0 Å². The Bertz CT molecular complexity index is 366. The lowest BCUT2D eigenvalue weighted by Crippen LogP contribution is -2.39. The zero-order valence-electron chi connectivity index (χ0n) is 9.20. The van der Waals surface area contributed by atoms with E-state index >= 15 is 0 Å². The van der Waals surface area contributed by atoms with Crippen LogP contribution in [0.3, 0.4) is 0 Å². The maximum absolute atomic E-state index is 11.8. The molecule has 0 aliphatic carbocycles. The van der Waals surface area contributed by atoms with Gasteiger partial charge in [0.05, 0.1) is 8.96 Å². The van der Waals surface area contributed by atoms with Gasteiger partial charge in [0.1, 0.15) is 7.40 Å². The molecule has 0 saturated heterocycles. The third-order valence-corrected chi connectivity index (χ3v) is 1.36. The standard InChI is InChI=1S/2C5H5FN.BFO2/c2*6-7-4-2-1-3-5-7;2-1(3)4/h2*1-5H;/q2*+1;-2. The van der Waals surface area contributed by atoms with Crippen LogP contribution < -0.4 is 19.6 Å². The maximum Gasteiger partial charge on any atom is 0.218 e. The first-order valence-electron chi connectivity index (χ1n) is 4.73. The van der Waals surface area contributed by atoms with E-state index in [4.69, 9.17) is 10.0 Å². The molecule has 0 atom stereocenters. The van der Waals surface area contributed by atoms with Gasteiger partial charge in [-0.25, -0.2) is 0 Å². The molecule has 2 heterocycles. The van der Waals surface area contributed by atoms with Crippen molar-refractivity contribution in [3.8, 4) is 0 Å². The van der Waals surface area contributed by atoms with Gasteiger partial charge >= 0.3 is 0 Å². The van der Waals surface area contributed by atoms with E-state index in [2.05, 4.69) is 0 Å². The lowest BCUT2D eigenvalue weighted by Gasteiger charge is -2.09. The first kappa shape index (κ1) is 16.1. The van der Waals surface area contributed by atoms with Crippen molar-refractivity contribution >= 4 is 7.40 Å². The molecule has 8 heteroatoms. The fourth-order valence-corrected chi connectivity index (χ4v) is 0.755. The van der Waals surface area contributed by atoms with Crippen molar-refractivity contribution in [2.24, 2.45) is 0 Å². The topological polar surface area (TPSA) is 53.9 Å². The van der Waals surface area contributed by atoms with Crippen molar-refractivity contribution in [1.29, 1.82) is 0 Å². The predicted octanol–water partition coefficient (Wildman–Crippen LogP) is -0.925. The van der Waals surface area contributed by atoms with Gasteiger partial charge in [-0.15, -0.1) is 0 Å². The Kier molecular flexibility index (Phi) is 9.15. The lowest BCUT2D eigenvalue weighted by molar-refractivity contribution is -0.843. The quantitative estimate of drug-likeness (QED) is 0.573. The van der Waals surface area contributed by atoms with E-state index in [1.807, 2.05) is 0 Å². The smallest absolute Gasteiger partial charge is 0.218 e. The Hall–Kier alpha value is -1.93. The number of halogens is 3. The van der Waals surface area contributed by atoms with Gasteiger partial charge in [-0.3, -0.25) is 0 Å². The summed E-state index contributed by atoms with van der Waals surface area (Å²) in [4.78, 5) is 1.00. The number of hydrogen-bond acceptors (Lipinski definition) is 2. The molecule has 4 nitrogen and oxygen atoms in total. The largest absolute Gasteiger partial charge is 0.867 e. The highest BCUT2D eigenvalue weighted by molar-refractivity contribution is 6.27. The molecular weight excluding hydrogens is 248 g/mol. The summed E-state index contributed by atoms with van der Waals surface area (Å²) in [7, 11) is -3.17. The van der Waals surface area contributed by atoms with E-state index in [0.29, 0.717) is 9.58 Å². The summed E-state index contributed by atoms with van der Waals surface area (Å²) in [5, 5.41) is 16.6. The third kappa shape index (κ3) is 12.1.